The second kappa shape index (κ2) is 7.10. The van der Waals surface area contributed by atoms with E-state index in [1.54, 1.807) is 11.0 Å². The fraction of sp³-hybridized carbons (Fsp3) is 0.438. The summed E-state index contributed by atoms with van der Waals surface area (Å²) in [5, 5.41) is 5.38. The lowest BCUT2D eigenvalue weighted by Crippen LogP contribution is -2.40. The highest BCUT2D eigenvalue weighted by molar-refractivity contribution is 7.10. The number of likely N-dealkylation sites (tertiary alicyclic amines) is 1. The van der Waals surface area contributed by atoms with Crippen molar-refractivity contribution >= 4 is 23.3 Å². The Morgan fingerprint density at radius 1 is 1.35 bits per heavy atom. The van der Waals surface area contributed by atoms with E-state index in [1.807, 2.05) is 17.5 Å². The van der Waals surface area contributed by atoms with Crippen molar-refractivity contribution in [3.8, 4) is 0 Å². The molecule has 10 heteroatoms. The van der Waals surface area contributed by atoms with Gasteiger partial charge in [-0.1, -0.05) is 6.07 Å². The summed E-state index contributed by atoms with van der Waals surface area (Å²) < 4.78 is 40.1. The Morgan fingerprint density at radius 3 is 2.58 bits per heavy atom. The molecule has 1 aliphatic heterocycles. The molecule has 0 saturated carbocycles. The Morgan fingerprint density at radius 2 is 2.04 bits per heavy atom. The van der Waals surface area contributed by atoms with Gasteiger partial charge in [0.2, 0.25) is 11.7 Å². The van der Waals surface area contributed by atoms with Gasteiger partial charge in [-0.3, -0.25) is 9.36 Å². The van der Waals surface area contributed by atoms with Gasteiger partial charge < -0.3 is 4.90 Å². The average molecular weight is 386 g/mol. The number of rotatable bonds is 3. The van der Waals surface area contributed by atoms with Crippen LogP contribution >= 0.6 is 11.3 Å². The quantitative estimate of drug-likeness (QED) is 0.762. The molecule has 0 aromatic carbocycles. The molecule has 1 amide bonds. The summed E-state index contributed by atoms with van der Waals surface area (Å²) in [7, 11) is 1.06. The van der Waals surface area contributed by atoms with E-state index in [0.29, 0.717) is 30.5 Å². The lowest BCUT2D eigenvalue weighted by Gasteiger charge is -2.30. The summed E-state index contributed by atoms with van der Waals surface area (Å²) in [4.78, 5) is 26.8. The van der Waals surface area contributed by atoms with Crippen molar-refractivity contribution in [3.63, 3.8) is 0 Å². The van der Waals surface area contributed by atoms with E-state index in [0.717, 1.165) is 16.6 Å². The van der Waals surface area contributed by atoms with Crippen molar-refractivity contribution in [1.82, 2.24) is 19.2 Å². The largest absolute Gasteiger partial charge is 0.451 e. The first-order valence-corrected chi connectivity index (χ1v) is 8.88. The molecule has 0 N–H and O–H groups in total. The lowest BCUT2D eigenvalue weighted by atomic mass is 10.1. The Labute approximate surface area is 151 Å². The molecule has 0 aliphatic carbocycles. The third-order valence-corrected chi connectivity index (χ3v) is 5.15. The van der Waals surface area contributed by atoms with Gasteiger partial charge in [0.15, 0.2) is 0 Å². The molecule has 1 fully saturated rings. The van der Waals surface area contributed by atoms with Crippen LogP contribution in [0.1, 0.15) is 29.6 Å². The smallest absolute Gasteiger partial charge is 0.339 e. The van der Waals surface area contributed by atoms with Crippen LogP contribution in [0.15, 0.2) is 28.4 Å². The van der Waals surface area contributed by atoms with Crippen LogP contribution in [0.3, 0.4) is 0 Å². The molecule has 1 saturated heterocycles. The van der Waals surface area contributed by atoms with Gasteiger partial charge in [-0.05, 0) is 30.4 Å². The van der Waals surface area contributed by atoms with Gasteiger partial charge in [0.1, 0.15) is 0 Å². The summed E-state index contributed by atoms with van der Waals surface area (Å²) in [5.74, 6) is -1.36. The lowest BCUT2D eigenvalue weighted by molar-refractivity contribution is -0.147. The van der Waals surface area contributed by atoms with Gasteiger partial charge in [0.05, 0.1) is 6.04 Å². The molecule has 0 unspecified atom stereocenters. The van der Waals surface area contributed by atoms with E-state index in [-0.39, 0.29) is 5.91 Å². The maximum absolute atomic E-state index is 12.9. The number of alkyl halides is 3. The standard InChI is InChI=1S/C16H17F3N4O2S/c1-21-14(16(17,18)19)20-23(15(21)25)11-6-8-22(9-7-11)13(24)5-4-12-3-2-10-26-12/h2-5,10-11H,6-9H2,1H3. The number of aromatic nitrogens is 3. The van der Waals surface area contributed by atoms with Gasteiger partial charge in [-0.15, -0.1) is 16.4 Å². The minimum Gasteiger partial charge on any atom is -0.339 e. The molecule has 0 spiro atoms. The highest BCUT2D eigenvalue weighted by Crippen LogP contribution is 2.28. The molecule has 0 bridgehead atoms. The predicted octanol–water partition coefficient (Wildman–Crippen LogP) is 2.54. The number of piperidine rings is 1. The number of thiophene rings is 1. The summed E-state index contributed by atoms with van der Waals surface area (Å²) in [6.45, 7) is 0.727. The summed E-state index contributed by atoms with van der Waals surface area (Å²) in [6, 6.07) is 3.34. The average Bonchev–Trinajstić information content (AvgIpc) is 3.22. The maximum atomic E-state index is 12.9. The Hall–Kier alpha value is -2.36. The van der Waals surface area contributed by atoms with Gasteiger partial charge >= 0.3 is 11.9 Å². The number of nitrogens with zero attached hydrogens (tertiary/aromatic N) is 4. The third-order valence-electron chi connectivity index (χ3n) is 4.31. The zero-order chi connectivity index (χ0) is 18.9. The number of carbonyl (C=O) groups excluding carboxylic acids is 1. The Bertz CT molecular complexity index is 859. The second-order valence-corrected chi connectivity index (χ2v) is 6.99. The predicted molar refractivity (Wildman–Crippen MR) is 90.7 cm³/mol. The Balaban J connectivity index is 1.66. The van der Waals surface area contributed by atoms with Crippen LogP contribution in [0.25, 0.3) is 6.08 Å². The molecule has 2 aromatic heterocycles. The van der Waals surface area contributed by atoms with Gasteiger partial charge in [0, 0.05) is 31.1 Å². The van der Waals surface area contributed by atoms with Crippen molar-refractivity contribution in [2.75, 3.05) is 13.1 Å². The Kier molecular flexibility index (Phi) is 5.03. The van der Waals surface area contributed by atoms with E-state index in [4.69, 9.17) is 0 Å². The summed E-state index contributed by atoms with van der Waals surface area (Å²) in [5.41, 5.74) is -0.792. The van der Waals surface area contributed by atoms with E-state index >= 15 is 0 Å². The molecule has 140 valence electrons. The first-order chi connectivity index (χ1) is 12.3. The molecule has 3 rings (SSSR count). The maximum Gasteiger partial charge on any atom is 0.451 e. The number of hydrogen-bond donors (Lipinski definition) is 0. The topological polar surface area (TPSA) is 60.1 Å². The zero-order valence-electron chi connectivity index (χ0n) is 13.9. The van der Waals surface area contributed by atoms with E-state index in [9.17, 15) is 22.8 Å². The van der Waals surface area contributed by atoms with E-state index < -0.39 is 23.7 Å². The molecular weight excluding hydrogens is 369 g/mol. The van der Waals surface area contributed by atoms with Gasteiger partial charge in [0.25, 0.3) is 0 Å². The van der Waals surface area contributed by atoms with Crippen molar-refractivity contribution in [3.05, 3.63) is 44.8 Å². The van der Waals surface area contributed by atoms with Gasteiger partial charge in [-0.25, -0.2) is 9.48 Å². The van der Waals surface area contributed by atoms with Crippen LogP contribution in [0.4, 0.5) is 13.2 Å². The fourth-order valence-corrected chi connectivity index (χ4v) is 3.53. The van der Waals surface area contributed by atoms with Gasteiger partial charge in [-0.2, -0.15) is 13.2 Å². The summed E-state index contributed by atoms with van der Waals surface area (Å²) in [6.07, 6.45) is -0.694. The first kappa shape index (κ1) is 18.4. The molecule has 2 aromatic rings. The highest BCUT2D eigenvalue weighted by Gasteiger charge is 2.39. The molecular formula is C16H17F3N4O2S. The SMILES string of the molecule is Cn1c(C(F)(F)F)nn(C2CCN(C(=O)C=Cc3cccs3)CC2)c1=O. The van der Waals surface area contributed by atoms with Crippen LogP contribution < -0.4 is 5.69 Å². The monoisotopic (exact) mass is 386 g/mol. The number of halogens is 3. The summed E-state index contributed by atoms with van der Waals surface area (Å²) >= 11 is 1.52. The molecule has 0 radical (unpaired) electrons. The zero-order valence-corrected chi connectivity index (χ0v) is 14.8. The minimum absolute atomic E-state index is 0.152. The van der Waals surface area contributed by atoms with Crippen LogP contribution in [-0.2, 0) is 18.0 Å². The highest BCUT2D eigenvalue weighted by atomic mass is 32.1. The second-order valence-electron chi connectivity index (χ2n) is 6.01. The normalized spacial score (nSPS) is 16.5. The van der Waals surface area contributed by atoms with Crippen LogP contribution in [-0.4, -0.2) is 38.2 Å². The third kappa shape index (κ3) is 3.74. The molecule has 0 atom stereocenters. The van der Waals surface area contributed by atoms with Crippen LogP contribution in [0, 0.1) is 0 Å². The van der Waals surface area contributed by atoms with Crippen molar-refractivity contribution in [1.29, 1.82) is 0 Å². The molecule has 6 nitrogen and oxygen atoms in total. The molecule has 1 aliphatic rings. The van der Waals surface area contributed by atoms with Crippen molar-refractivity contribution in [2.45, 2.75) is 25.1 Å². The number of hydrogen-bond acceptors (Lipinski definition) is 4. The van der Waals surface area contributed by atoms with Crippen LogP contribution in [0.2, 0.25) is 0 Å². The van der Waals surface area contributed by atoms with Crippen molar-refractivity contribution in [2.24, 2.45) is 7.05 Å². The van der Waals surface area contributed by atoms with Crippen molar-refractivity contribution < 1.29 is 18.0 Å². The molecule has 3 heterocycles. The van der Waals surface area contributed by atoms with E-state index in [2.05, 4.69) is 5.10 Å². The minimum atomic E-state index is -4.68. The first-order valence-electron chi connectivity index (χ1n) is 8.00. The number of carbonyl (C=O) groups is 1. The van der Waals surface area contributed by atoms with E-state index in [1.165, 1.54) is 17.4 Å². The number of amides is 1. The van der Waals surface area contributed by atoms with Crippen LogP contribution in [0.5, 0.6) is 0 Å². The molecule has 26 heavy (non-hydrogen) atoms. The fourth-order valence-electron chi connectivity index (χ4n) is 2.92.